The van der Waals surface area contributed by atoms with Crippen molar-refractivity contribution in [2.45, 2.75) is 26.4 Å². The molecule has 0 radical (unpaired) electrons. The zero-order chi connectivity index (χ0) is 12.0. The van der Waals surface area contributed by atoms with Crippen LogP contribution in [0.5, 0.6) is 0 Å². The second kappa shape index (κ2) is 6.61. The van der Waals surface area contributed by atoms with Crippen molar-refractivity contribution in [3.05, 3.63) is 35.6 Å². The molecule has 1 aromatic rings. The van der Waals surface area contributed by atoms with Crippen LogP contribution in [-0.4, -0.2) is 18.2 Å². The molecule has 0 aliphatic rings. The molecular weight excluding hydrogens is 205 g/mol. The van der Waals surface area contributed by atoms with Gasteiger partial charge in [-0.1, -0.05) is 32.4 Å². The molecule has 0 bridgehead atoms. The number of hydrogen-bond donors (Lipinski definition) is 2. The van der Waals surface area contributed by atoms with Crippen LogP contribution in [0.15, 0.2) is 24.3 Å². The molecule has 2 unspecified atom stereocenters. The lowest BCUT2D eigenvalue weighted by molar-refractivity contribution is 0.173. The van der Waals surface area contributed by atoms with Gasteiger partial charge in [0.1, 0.15) is 5.82 Å². The number of benzene rings is 1. The summed E-state index contributed by atoms with van der Waals surface area (Å²) in [6.45, 7) is 5.71. The first-order valence-electron chi connectivity index (χ1n) is 5.77. The smallest absolute Gasteiger partial charge is 0.123 e. The van der Waals surface area contributed by atoms with E-state index in [4.69, 9.17) is 0 Å². The van der Waals surface area contributed by atoms with E-state index < -0.39 is 6.10 Å². The fourth-order valence-electron chi connectivity index (χ4n) is 1.41. The van der Waals surface area contributed by atoms with E-state index in [-0.39, 0.29) is 5.82 Å². The first-order valence-corrected chi connectivity index (χ1v) is 5.77. The van der Waals surface area contributed by atoms with Gasteiger partial charge >= 0.3 is 0 Å². The normalized spacial score (nSPS) is 14.8. The van der Waals surface area contributed by atoms with Gasteiger partial charge in [-0.2, -0.15) is 0 Å². The molecule has 0 saturated carbocycles. The number of rotatable bonds is 6. The third kappa shape index (κ3) is 4.29. The molecule has 90 valence electrons. The van der Waals surface area contributed by atoms with Crippen molar-refractivity contribution in [1.82, 2.24) is 5.32 Å². The molecule has 2 N–H and O–H groups in total. The third-order valence-corrected chi connectivity index (χ3v) is 2.78. The summed E-state index contributed by atoms with van der Waals surface area (Å²) >= 11 is 0. The van der Waals surface area contributed by atoms with E-state index in [0.29, 0.717) is 12.5 Å². The van der Waals surface area contributed by atoms with Gasteiger partial charge < -0.3 is 10.4 Å². The van der Waals surface area contributed by atoms with Crippen LogP contribution in [0.3, 0.4) is 0 Å². The summed E-state index contributed by atoms with van der Waals surface area (Å²) in [6, 6.07) is 5.97. The summed E-state index contributed by atoms with van der Waals surface area (Å²) in [5.41, 5.74) is 0.748. The van der Waals surface area contributed by atoms with Crippen LogP contribution < -0.4 is 5.32 Å². The Hall–Kier alpha value is -0.930. The molecule has 1 rings (SSSR count). The highest BCUT2D eigenvalue weighted by Gasteiger charge is 2.07. The van der Waals surface area contributed by atoms with Crippen LogP contribution in [-0.2, 0) is 0 Å². The molecule has 0 amide bonds. The summed E-state index contributed by atoms with van der Waals surface area (Å²) in [6.07, 6.45) is 0.560. The number of hydrogen-bond acceptors (Lipinski definition) is 2. The average Bonchev–Trinajstić information content (AvgIpc) is 2.29. The highest BCUT2D eigenvalue weighted by Crippen LogP contribution is 2.12. The van der Waals surface area contributed by atoms with Gasteiger partial charge in [0.25, 0.3) is 0 Å². The van der Waals surface area contributed by atoms with Crippen LogP contribution >= 0.6 is 0 Å². The molecule has 16 heavy (non-hydrogen) atoms. The number of aliphatic hydroxyl groups excluding tert-OH is 1. The van der Waals surface area contributed by atoms with Crippen LogP contribution in [0.25, 0.3) is 0 Å². The van der Waals surface area contributed by atoms with Crippen LogP contribution in [0.2, 0.25) is 0 Å². The maximum Gasteiger partial charge on any atom is 0.123 e. The zero-order valence-corrected chi connectivity index (χ0v) is 9.91. The van der Waals surface area contributed by atoms with Crippen molar-refractivity contribution in [2.24, 2.45) is 5.92 Å². The van der Waals surface area contributed by atoms with Gasteiger partial charge in [-0.15, -0.1) is 0 Å². The average molecular weight is 225 g/mol. The van der Waals surface area contributed by atoms with Gasteiger partial charge in [0, 0.05) is 6.54 Å². The van der Waals surface area contributed by atoms with Crippen molar-refractivity contribution < 1.29 is 9.50 Å². The maximum atomic E-state index is 12.7. The highest BCUT2D eigenvalue weighted by molar-refractivity contribution is 5.18. The van der Waals surface area contributed by atoms with Crippen LogP contribution in [0, 0.1) is 11.7 Å². The highest BCUT2D eigenvalue weighted by atomic mass is 19.1. The Bertz CT molecular complexity index is 299. The Balaban J connectivity index is 2.35. The lowest BCUT2D eigenvalue weighted by Crippen LogP contribution is -2.26. The molecule has 0 heterocycles. The summed E-state index contributed by atoms with van der Waals surface area (Å²) in [7, 11) is 0. The first kappa shape index (κ1) is 13.1. The first-order chi connectivity index (χ1) is 7.63. The van der Waals surface area contributed by atoms with E-state index in [1.54, 1.807) is 12.1 Å². The second-order valence-corrected chi connectivity index (χ2v) is 4.24. The van der Waals surface area contributed by atoms with E-state index in [1.807, 2.05) is 0 Å². The Morgan fingerprint density at radius 2 is 1.88 bits per heavy atom. The topological polar surface area (TPSA) is 32.3 Å². The maximum absolute atomic E-state index is 12.7. The van der Waals surface area contributed by atoms with Crippen molar-refractivity contribution in [1.29, 1.82) is 0 Å². The molecule has 0 aliphatic heterocycles. The molecule has 1 aromatic carbocycles. The standard InChI is InChI=1S/C13H20FNO/c1-3-10(2)8-15-9-13(16)11-4-6-12(14)7-5-11/h4-7,10,13,15-16H,3,8-9H2,1-2H3. The minimum atomic E-state index is -0.565. The van der Waals surface area contributed by atoms with Crippen molar-refractivity contribution >= 4 is 0 Å². The van der Waals surface area contributed by atoms with E-state index in [2.05, 4.69) is 19.2 Å². The minimum Gasteiger partial charge on any atom is -0.387 e. The van der Waals surface area contributed by atoms with Gasteiger partial charge in [-0.3, -0.25) is 0 Å². The summed E-state index contributed by atoms with van der Waals surface area (Å²) < 4.78 is 12.7. The van der Waals surface area contributed by atoms with E-state index in [9.17, 15) is 9.50 Å². The Labute approximate surface area is 96.5 Å². The molecule has 3 heteroatoms. The quantitative estimate of drug-likeness (QED) is 0.779. The van der Waals surface area contributed by atoms with E-state index in [0.717, 1.165) is 18.5 Å². The Morgan fingerprint density at radius 3 is 2.44 bits per heavy atom. The lowest BCUT2D eigenvalue weighted by Gasteiger charge is -2.14. The van der Waals surface area contributed by atoms with Gasteiger partial charge in [-0.25, -0.2) is 4.39 Å². The van der Waals surface area contributed by atoms with Crippen LogP contribution in [0.4, 0.5) is 4.39 Å². The monoisotopic (exact) mass is 225 g/mol. The molecule has 0 saturated heterocycles. The fourth-order valence-corrected chi connectivity index (χ4v) is 1.41. The van der Waals surface area contributed by atoms with Gasteiger partial charge in [0.05, 0.1) is 6.10 Å². The molecule has 0 aromatic heterocycles. The number of aliphatic hydroxyl groups is 1. The molecule has 0 aliphatic carbocycles. The largest absolute Gasteiger partial charge is 0.387 e. The van der Waals surface area contributed by atoms with Crippen molar-refractivity contribution in [3.8, 4) is 0 Å². The number of nitrogens with one attached hydrogen (secondary N) is 1. The Morgan fingerprint density at radius 1 is 1.25 bits per heavy atom. The van der Waals surface area contributed by atoms with Crippen molar-refractivity contribution in [3.63, 3.8) is 0 Å². The second-order valence-electron chi connectivity index (χ2n) is 4.24. The molecule has 2 atom stereocenters. The van der Waals surface area contributed by atoms with Crippen molar-refractivity contribution in [2.75, 3.05) is 13.1 Å². The zero-order valence-electron chi connectivity index (χ0n) is 9.91. The minimum absolute atomic E-state index is 0.275. The summed E-state index contributed by atoms with van der Waals surface area (Å²) in [5, 5.41) is 13.0. The predicted octanol–water partition coefficient (Wildman–Crippen LogP) is 2.49. The van der Waals surface area contributed by atoms with Gasteiger partial charge in [0.2, 0.25) is 0 Å². The fraction of sp³-hybridized carbons (Fsp3) is 0.538. The van der Waals surface area contributed by atoms with Crippen LogP contribution in [0.1, 0.15) is 31.9 Å². The Kier molecular flexibility index (Phi) is 5.43. The predicted molar refractivity (Wildman–Crippen MR) is 63.7 cm³/mol. The van der Waals surface area contributed by atoms with Gasteiger partial charge in [-0.05, 0) is 30.2 Å². The van der Waals surface area contributed by atoms with E-state index in [1.165, 1.54) is 12.1 Å². The molecule has 0 fully saturated rings. The van der Waals surface area contributed by atoms with E-state index >= 15 is 0 Å². The third-order valence-electron chi connectivity index (χ3n) is 2.78. The molecule has 2 nitrogen and oxygen atoms in total. The van der Waals surface area contributed by atoms with Gasteiger partial charge in [0.15, 0.2) is 0 Å². The molecule has 0 spiro atoms. The summed E-state index contributed by atoms with van der Waals surface area (Å²) in [5.74, 6) is 0.337. The number of halogens is 1. The lowest BCUT2D eigenvalue weighted by atomic mass is 10.1. The summed E-state index contributed by atoms with van der Waals surface area (Å²) in [4.78, 5) is 0. The SMILES string of the molecule is CCC(C)CNCC(O)c1ccc(F)cc1. The molecular formula is C13H20FNO.